The summed E-state index contributed by atoms with van der Waals surface area (Å²) >= 11 is 0. The first-order valence-corrected chi connectivity index (χ1v) is 27.6. The van der Waals surface area contributed by atoms with E-state index in [-0.39, 0.29) is 27.6 Å². The van der Waals surface area contributed by atoms with Gasteiger partial charge in [0.05, 0.1) is 12.2 Å². The van der Waals surface area contributed by atoms with Gasteiger partial charge in [0.15, 0.2) is 11.5 Å². The maximum atomic E-state index is 14.1. The largest absolute Gasteiger partial charge is 0.533 e. The van der Waals surface area contributed by atoms with Crippen molar-refractivity contribution in [2.75, 3.05) is 6.61 Å². The number of esters is 1. The Bertz CT molecular complexity index is 1970. The zero-order valence-corrected chi connectivity index (χ0v) is 46.7. The van der Waals surface area contributed by atoms with Crippen LogP contribution >= 0.6 is 7.94 Å². The highest BCUT2D eigenvalue weighted by Gasteiger charge is 2.57. The molecule has 0 atom stereocenters. The van der Waals surface area contributed by atoms with Crippen LogP contribution in [0.4, 0.5) is 0 Å². The van der Waals surface area contributed by atoms with E-state index < -0.39 is 18.8 Å². The monoisotopic (exact) mass is 928 g/mol. The average molecular weight is 928 g/mol. The lowest BCUT2D eigenvalue weighted by Gasteiger charge is -2.36. The molecule has 6 heteroatoms. The molecule has 370 valence electrons. The Balaban J connectivity index is 1.80. The summed E-state index contributed by atoms with van der Waals surface area (Å²) in [6.07, 6.45) is 18.5. The molecule has 4 rings (SSSR count). The number of fused-ring (bicyclic) bond motifs is 2. The molecule has 0 saturated heterocycles. The van der Waals surface area contributed by atoms with Gasteiger partial charge in [0.2, 0.25) is 5.30 Å². The Morgan fingerprint density at radius 3 is 1.14 bits per heavy atom. The molecule has 0 spiro atoms. The van der Waals surface area contributed by atoms with Crippen molar-refractivity contribution in [3.8, 4) is 11.5 Å². The number of rotatable bonds is 17. The minimum Gasteiger partial charge on any atom is -0.462 e. The molecular weight excluding hydrogens is 832 g/mol. The summed E-state index contributed by atoms with van der Waals surface area (Å²) < 4.78 is 20.9. The SMILES string of the molecule is CCCCCCCCCCCCCCCCOC(=O)c1cc(C(C)(C)C)c([P+]2(O)Oc3c(cc(C(C)(C)C)cc3C(C)(C)C)Cc3cc(C(C)(C)C)cc(C(C)(C)C)c3O2)c(C(C)(C)C)c1. The van der Waals surface area contributed by atoms with E-state index in [2.05, 4.69) is 156 Å². The van der Waals surface area contributed by atoms with Crippen LogP contribution in [-0.2, 0) is 43.6 Å². The van der Waals surface area contributed by atoms with Gasteiger partial charge >= 0.3 is 13.9 Å². The molecule has 0 fully saturated rings. The predicted octanol–water partition coefficient (Wildman–Crippen LogP) is 17.6. The summed E-state index contributed by atoms with van der Waals surface area (Å²) in [6.45, 7) is 42.4. The molecule has 0 radical (unpaired) electrons. The molecule has 0 saturated carbocycles. The summed E-state index contributed by atoms with van der Waals surface area (Å²) in [7, 11) is -4.08. The fourth-order valence-electron chi connectivity index (χ4n) is 9.14. The van der Waals surface area contributed by atoms with Crippen molar-refractivity contribution >= 4 is 19.2 Å². The lowest BCUT2D eigenvalue weighted by Crippen LogP contribution is -2.38. The molecule has 3 aromatic carbocycles. The quantitative estimate of drug-likeness (QED) is 0.0830. The molecule has 1 aliphatic heterocycles. The number of hydrogen-bond acceptors (Lipinski definition) is 5. The molecule has 0 aliphatic carbocycles. The number of carbonyl (C=O) groups is 1. The van der Waals surface area contributed by atoms with Gasteiger partial charge in [0.25, 0.3) is 0 Å². The summed E-state index contributed by atoms with van der Waals surface area (Å²) in [5.74, 6) is 1.04. The third kappa shape index (κ3) is 14.8. The van der Waals surface area contributed by atoms with Gasteiger partial charge in [-0.25, -0.2) is 4.79 Å². The Hall–Kier alpha value is -2.88. The van der Waals surface area contributed by atoms with Crippen molar-refractivity contribution in [2.45, 2.75) is 260 Å². The normalized spacial score (nSPS) is 14.7. The van der Waals surface area contributed by atoms with Gasteiger partial charge in [-0.3, -0.25) is 9.05 Å². The van der Waals surface area contributed by atoms with E-state index in [1.165, 1.54) is 88.2 Å². The Morgan fingerprint density at radius 2 is 0.818 bits per heavy atom. The lowest BCUT2D eigenvalue weighted by atomic mass is 9.76. The van der Waals surface area contributed by atoms with Crippen LogP contribution in [0.5, 0.6) is 11.5 Å². The van der Waals surface area contributed by atoms with Crippen molar-refractivity contribution < 1.29 is 23.5 Å². The first kappa shape index (κ1) is 55.7. The number of carbonyl (C=O) groups excluding carboxylic acids is 1. The number of hydrogen-bond donors (Lipinski definition) is 1. The molecule has 0 aromatic heterocycles. The van der Waals surface area contributed by atoms with Crippen LogP contribution < -0.4 is 14.4 Å². The third-order valence-corrected chi connectivity index (χ3v) is 15.4. The molecule has 0 bridgehead atoms. The molecule has 0 unspecified atom stereocenters. The summed E-state index contributed by atoms with van der Waals surface area (Å²) in [5.41, 5.74) is 6.85. The molecule has 1 heterocycles. The topological polar surface area (TPSA) is 65.0 Å². The van der Waals surface area contributed by atoms with E-state index in [0.717, 1.165) is 46.2 Å². The molecule has 66 heavy (non-hydrogen) atoms. The van der Waals surface area contributed by atoms with Gasteiger partial charge in [0.1, 0.15) is 0 Å². The van der Waals surface area contributed by atoms with Crippen LogP contribution in [0.1, 0.15) is 276 Å². The maximum absolute atomic E-state index is 14.1. The molecule has 3 aromatic rings. The standard InChI is InChI=1S/C60H96O5P/c1-20-21-22-23-24-25-26-27-28-29-30-31-32-33-34-63-54(61)44-38-49(59(14,15)16)53(50(39-44)60(17,18)19)66(62)64-51-42(36-45(55(2,3)4)40-47(51)57(8,9)10)35-43-37-46(56(5,6)7)41-48(52(43)65-66)58(11,12)13/h36-41,62H,20-35H2,1-19H3/q+1. The third-order valence-electron chi connectivity index (χ3n) is 13.5. The van der Waals surface area contributed by atoms with Crippen LogP contribution in [0.2, 0.25) is 0 Å². The van der Waals surface area contributed by atoms with Crippen molar-refractivity contribution in [3.05, 3.63) is 86.5 Å². The molecule has 0 amide bonds. The summed E-state index contributed by atoms with van der Waals surface area (Å²) in [4.78, 5) is 28.1. The molecular formula is C60H96O5P+. The minimum atomic E-state index is -4.08. The Morgan fingerprint density at radius 1 is 0.485 bits per heavy atom. The first-order chi connectivity index (χ1) is 30.3. The van der Waals surface area contributed by atoms with Gasteiger partial charge < -0.3 is 4.74 Å². The number of benzene rings is 3. The van der Waals surface area contributed by atoms with E-state index in [1.54, 1.807) is 0 Å². The fraction of sp³-hybridized carbons (Fsp3) is 0.683. The molecule has 5 nitrogen and oxygen atoms in total. The van der Waals surface area contributed by atoms with Crippen molar-refractivity contribution in [3.63, 3.8) is 0 Å². The average Bonchev–Trinajstić information content (AvgIpc) is 3.16. The van der Waals surface area contributed by atoms with Crippen molar-refractivity contribution in [2.24, 2.45) is 0 Å². The zero-order valence-electron chi connectivity index (χ0n) is 45.8. The fourth-order valence-corrected chi connectivity index (χ4v) is 11.7. The van der Waals surface area contributed by atoms with Crippen molar-refractivity contribution in [1.82, 2.24) is 0 Å². The second kappa shape index (κ2) is 21.8. The van der Waals surface area contributed by atoms with Gasteiger partial charge in [-0.1, -0.05) is 239 Å². The highest BCUT2D eigenvalue weighted by molar-refractivity contribution is 7.69. The predicted molar refractivity (Wildman–Crippen MR) is 285 cm³/mol. The van der Waals surface area contributed by atoms with E-state index in [4.69, 9.17) is 13.8 Å². The van der Waals surface area contributed by atoms with Crippen LogP contribution in [0, 0.1) is 0 Å². The van der Waals surface area contributed by atoms with Crippen molar-refractivity contribution in [1.29, 1.82) is 0 Å². The van der Waals surface area contributed by atoms with E-state index in [1.807, 2.05) is 12.1 Å². The second-order valence-electron chi connectivity index (χ2n) is 26.1. The van der Waals surface area contributed by atoms with Gasteiger partial charge in [0, 0.05) is 39.8 Å². The first-order valence-electron chi connectivity index (χ1n) is 26.0. The maximum Gasteiger partial charge on any atom is 0.533 e. The highest BCUT2D eigenvalue weighted by Crippen LogP contribution is 2.63. The second-order valence-corrected chi connectivity index (χ2v) is 27.9. The number of unbranched alkanes of at least 4 members (excludes halogenated alkanes) is 13. The Kier molecular flexibility index (Phi) is 18.4. The van der Waals surface area contributed by atoms with Gasteiger partial charge in [-0.2, -0.15) is 4.89 Å². The van der Waals surface area contributed by atoms with Crippen LogP contribution in [-0.4, -0.2) is 17.5 Å². The smallest absolute Gasteiger partial charge is 0.462 e. The van der Waals surface area contributed by atoms with E-state index in [0.29, 0.717) is 35.4 Å². The molecule has 1 N–H and O–H groups in total. The lowest BCUT2D eigenvalue weighted by molar-refractivity contribution is 0.0497. The van der Waals surface area contributed by atoms with Crippen LogP contribution in [0.25, 0.3) is 0 Å². The number of ether oxygens (including phenoxy) is 1. The summed E-state index contributed by atoms with van der Waals surface area (Å²) in [5, 5.41) is 0.643. The van der Waals surface area contributed by atoms with Crippen LogP contribution in [0.15, 0.2) is 36.4 Å². The Labute approximate surface area is 406 Å². The van der Waals surface area contributed by atoms with E-state index >= 15 is 0 Å². The van der Waals surface area contributed by atoms with Gasteiger partial charge in [-0.05, 0) is 62.2 Å². The minimum absolute atomic E-state index is 0.123. The van der Waals surface area contributed by atoms with Crippen LogP contribution in [0.3, 0.4) is 0 Å². The summed E-state index contributed by atoms with van der Waals surface area (Å²) in [6, 6.07) is 13.1. The zero-order chi connectivity index (χ0) is 49.7. The molecule has 1 aliphatic rings. The van der Waals surface area contributed by atoms with E-state index in [9.17, 15) is 9.69 Å². The van der Waals surface area contributed by atoms with Gasteiger partial charge in [-0.15, -0.1) is 0 Å². The highest BCUT2D eigenvalue weighted by atomic mass is 31.2.